The Morgan fingerprint density at radius 2 is 2.12 bits per heavy atom. The molecule has 1 rings (SSSR count). The molecular formula is C12H19N3O2. The number of hydrogen-bond acceptors (Lipinski definition) is 4. The van der Waals surface area contributed by atoms with Crippen LogP contribution < -0.4 is 5.32 Å². The molecule has 1 atom stereocenters. The van der Waals surface area contributed by atoms with Gasteiger partial charge >= 0.3 is 0 Å². The quantitative estimate of drug-likeness (QED) is 0.798. The van der Waals surface area contributed by atoms with Crippen LogP contribution in [0.25, 0.3) is 0 Å². The second-order valence-electron chi connectivity index (χ2n) is 4.40. The van der Waals surface area contributed by atoms with E-state index in [1.807, 2.05) is 20.8 Å². The Balaban J connectivity index is 2.37. The van der Waals surface area contributed by atoms with Crippen LogP contribution in [0.4, 0.5) is 0 Å². The molecule has 0 saturated heterocycles. The van der Waals surface area contributed by atoms with Gasteiger partial charge in [0.1, 0.15) is 5.69 Å². The van der Waals surface area contributed by atoms with Crippen LogP contribution in [-0.2, 0) is 0 Å². The highest BCUT2D eigenvalue weighted by Crippen LogP contribution is 2.04. The summed E-state index contributed by atoms with van der Waals surface area (Å²) in [5.41, 5.74) is 1.08. The van der Waals surface area contributed by atoms with Crippen molar-refractivity contribution in [2.45, 2.75) is 33.3 Å². The Morgan fingerprint density at radius 3 is 2.65 bits per heavy atom. The molecule has 0 aromatic carbocycles. The number of amides is 1. The van der Waals surface area contributed by atoms with Crippen LogP contribution in [0, 0.1) is 12.8 Å². The highest BCUT2D eigenvalue weighted by Gasteiger charge is 2.11. The van der Waals surface area contributed by atoms with Gasteiger partial charge in [0.2, 0.25) is 0 Å². The average Bonchev–Trinajstić information content (AvgIpc) is 2.29. The van der Waals surface area contributed by atoms with Crippen molar-refractivity contribution in [1.29, 1.82) is 0 Å². The number of carbonyl (C=O) groups excluding carboxylic acids is 1. The van der Waals surface area contributed by atoms with Gasteiger partial charge in [-0.1, -0.05) is 13.8 Å². The first kappa shape index (κ1) is 13.6. The molecule has 5 nitrogen and oxygen atoms in total. The molecule has 0 aliphatic carbocycles. The molecule has 17 heavy (non-hydrogen) atoms. The Morgan fingerprint density at radius 1 is 1.41 bits per heavy atom. The van der Waals surface area contributed by atoms with Gasteiger partial charge in [-0.3, -0.25) is 9.78 Å². The van der Waals surface area contributed by atoms with E-state index in [2.05, 4.69) is 15.3 Å². The number of aromatic nitrogens is 2. The summed E-state index contributed by atoms with van der Waals surface area (Å²) in [7, 11) is 0. The Hall–Kier alpha value is -1.49. The molecule has 0 spiro atoms. The van der Waals surface area contributed by atoms with Crippen molar-refractivity contribution < 1.29 is 9.90 Å². The fourth-order valence-corrected chi connectivity index (χ4v) is 1.27. The number of nitrogens with one attached hydrogen (secondary N) is 1. The van der Waals surface area contributed by atoms with Gasteiger partial charge in [-0.2, -0.15) is 0 Å². The molecule has 0 bridgehead atoms. The molecular weight excluding hydrogens is 218 g/mol. The van der Waals surface area contributed by atoms with E-state index in [1.165, 1.54) is 6.20 Å². The summed E-state index contributed by atoms with van der Waals surface area (Å²) in [6.45, 7) is 6.14. The summed E-state index contributed by atoms with van der Waals surface area (Å²) in [5.74, 6) is -0.0560. The van der Waals surface area contributed by atoms with Gasteiger partial charge in [0, 0.05) is 12.7 Å². The minimum atomic E-state index is -0.389. The third-order valence-corrected chi connectivity index (χ3v) is 2.51. The molecule has 0 saturated carbocycles. The van der Waals surface area contributed by atoms with Crippen LogP contribution in [0.15, 0.2) is 12.4 Å². The largest absolute Gasteiger partial charge is 0.393 e. The van der Waals surface area contributed by atoms with E-state index in [0.29, 0.717) is 18.7 Å². The Labute approximate surface area is 101 Å². The lowest BCUT2D eigenvalue weighted by Crippen LogP contribution is -2.29. The fraction of sp³-hybridized carbons (Fsp3) is 0.583. The van der Waals surface area contributed by atoms with E-state index in [9.17, 15) is 9.90 Å². The van der Waals surface area contributed by atoms with Crippen molar-refractivity contribution >= 4 is 5.91 Å². The number of nitrogens with zero attached hydrogens (tertiary/aromatic N) is 2. The molecule has 0 fully saturated rings. The van der Waals surface area contributed by atoms with E-state index in [4.69, 9.17) is 0 Å². The van der Waals surface area contributed by atoms with Crippen molar-refractivity contribution in [3.8, 4) is 0 Å². The molecule has 0 aliphatic rings. The van der Waals surface area contributed by atoms with Crippen LogP contribution in [0.1, 0.15) is 36.5 Å². The first-order chi connectivity index (χ1) is 8.00. The maximum atomic E-state index is 11.6. The third kappa shape index (κ3) is 4.48. The Kier molecular flexibility index (Phi) is 5.03. The summed E-state index contributed by atoms with van der Waals surface area (Å²) >= 11 is 0. The topological polar surface area (TPSA) is 75.1 Å². The maximum absolute atomic E-state index is 11.6. The van der Waals surface area contributed by atoms with E-state index in [1.54, 1.807) is 6.20 Å². The monoisotopic (exact) mass is 237 g/mol. The molecule has 1 aromatic rings. The summed E-state index contributed by atoms with van der Waals surface area (Å²) in [6, 6.07) is 0. The zero-order valence-corrected chi connectivity index (χ0v) is 10.5. The number of rotatable bonds is 5. The summed E-state index contributed by atoms with van der Waals surface area (Å²) in [4.78, 5) is 19.6. The Bertz CT molecular complexity index is 363. The fourth-order valence-electron chi connectivity index (χ4n) is 1.27. The van der Waals surface area contributed by atoms with E-state index in [-0.39, 0.29) is 17.9 Å². The number of carbonyl (C=O) groups is 1. The number of aryl methyl sites for hydroxylation is 1. The van der Waals surface area contributed by atoms with Crippen LogP contribution in [0.5, 0.6) is 0 Å². The van der Waals surface area contributed by atoms with Crippen molar-refractivity contribution in [3.63, 3.8) is 0 Å². The van der Waals surface area contributed by atoms with Crippen LogP contribution in [-0.4, -0.2) is 33.6 Å². The predicted molar refractivity (Wildman–Crippen MR) is 64.6 cm³/mol. The van der Waals surface area contributed by atoms with E-state index >= 15 is 0 Å². The molecule has 1 amide bonds. The first-order valence-electron chi connectivity index (χ1n) is 5.75. The van der Waals surface area contributed by atoms with Crippen LogP contribution in [0.3, 0.4) is 0 Å². The van der Waals surface area contributed by atoms with Gasteiger partial charge in [0.25, 0.3) is 5.91 Å². The van der Waals surface area contributed by atoms with Crippen molar-refractivity contribution in [1.82, 2.24) is 15.3 Å². The lowest BCUT2D eigenvalue weighted by molar-refractivity contribution is 0.0915. The summed E-state index contributed by atoms with van der Waals surface area (Å²) < 4.78 is 0. The van der Waals surface area contributed by atoms with Gasteiger partial charge in [-0.15, -0.1) is 0 Å². The molecule has 5 heteroatoms. The van der Waals surface area contributed by atoms with Crippen LogP contribution >= 0.6 is 0 Å². The minimum absolute atomic E-state index is 0.200. The molecule has 0 radical (unpaired) electrons. The smallest absolute Gasteiger partial charge is 0.271 e. The van der Waals surface area contributed by atoms with Gasteiger partial charge in [-0.25, -0.2) is 4.98 Å². The van der Waals surface area contributed by atoms with Gasteiger partial charge < -0.3 is 10.4 Å². The lowest BCUT2D eigenvalue weighted by atomic mass is 10.0. The predicted octanol–water partition coefficient (Wildman–Crippen LogP) is 0.922. The first-order valence-corrected chi connectivity index (χ1v) is 5.75. The van der Waals surface area contributed by atoms with Crippen molar-refractivity contribution in [2.75, 3.05) is 6.54 Å². The molecule has 1 heterocycles. The second kappa shape index (κ2) is 6.30. The van der Waals surface area contributed by atoms with Gasteiger partial charge in [-0.05, 0) is 19.3 Å². The van der Waals surface area contributed by atoms with E-state index in [0.717, 1.165) is 5.69 Å². The second-order valence-corrected chi connectivity index (χ2v) is 4.40. The molecule has 1 aromatic heterocycles. The zero-order valence-electron chi connectivity index (χ0n) is 10.5. The van der Waals surface area contributed by atoms with Crippen LogP contribution in [0.2, 0.25) is 0 Å². The standard InChI is InChI=1S/C12H19N3O2/c1-8(2)11(16)4-5-13-12(17)10-7-14-9(3)6-15-10/h6-8,11,16H,4-5H2,1-3H3,(H,13,17). The maximum Gasteiger partial charge on any atom is 0.271 e. The molecule has 2 N–H and O–H groups in total. The summed E-state index contributed by atoms with van der Waals surface area (Å²) in [6.07, 6.45) is 3.16. The molecule has 1 unspecified atom stereocenters. The number of aliphatic hydroxyl groups is 1. The third-order valence-electron chi connectivity index (χ3n) is 2.51. The van der Waals surface area contributed by atoms with Crippen molar-refractivity contribution in [3.05, 3.63) is 23.8 Å². The lowest BCUT2D eigenvalue weighted by Gasteiger charge is -2.14. The minimum Gasteiger partial charge on any atom is -0.393 e. The molecule has 0 aliphatic heterocycles. The highest BCUT2D eigenvalue weighted by atomic mass is 16.3. The number of aliphatic hydroxyl groups excluding tert-OH is 1. The van der Waals surface area contributed by atoms with Crippen molar-refractivity contribution in [2.24, 2.45) is 5.92 Å². The number of hydrogen-bond donors (Lipinski definition) is 2. The van der Waals surface area contributed by atoms with E-state index < -0.39 is 0 Å². The normalized spacial score (nSPS) is 12.5. The average molecular weight is 237 g/mol. The zero-order chi connectivity index (χ0) is 12.8. The van der Waals surface area contributed by atoms with Gasteiger partial charge in [0.05, 0.1) is 18.0 Å². The van der Waals surface area contributed by atoms with Gasteiger partial charge in [0.15, 0.2) is 0 Å². The molecule has 94 valence electrons. The SMILES string of the molecule is Cc1cnc(C(=O)NCCC(O)C(C)C)cn1. The highest BCUT2D eigenvalue weighted by molar-refractivity contribution is 5.91. The summed E-state index contributed by atoms with van der Waals surface area (Å²) in [5, 5.41) is 12.3.